The summed E-state index contributed by atoms with van der Waals surface area (Å²) in [5, 5.41) is 7.96. The zero-order valence-corrected chi connectivity index (χ0v) is 7.41. The predicted octanol–water partition coefficient (Wildman–Crippen LogP) is 2.89. The molecule has 1 aromatic carbocycles. The zero-order chi connectivity index (χ0) is 9.64. The summed E-state index contributed by atoms with van der Waals surface area (Å²) in [4.78, 5) is 7.71. The lowest BCUT2D eigenvalue weighted by Crippen LogP contribution is -1.73. The van der Waals surface area contributed by atoms with Gasteiger partial charge in [-0.25, -0.2) is 9.97 Å². The molecule has 4 heteroatoms. The van der Waals surface area contributed by atoms with Gasteiger partial charge in [-0.05, 0) is 12.1 Å². The number of aromatic nitrogens is 2. The minimum absolute atomic E-state index is 0.559. The monoisotopic (exact) mass is 184 g/mol. The maximum atomic E-state index is 4.01. The van der Waals surface area contributed by atoms with Crippen LogP contribution in [0.15, 0.2) is 59.2 Å². The lowest BCUT2D eigenvalue weighted by atomic mass is 10.3. The van der Waals surface area contributed by atoms with Gasteiger partial charge in [-0.15, -0.1) is 10.2 Å². The standard InChI is InChI=1S/C10H8N4/c1-2-4-9(5-3-1)13-14-10-6-7-11-8-12-10/h1-8H. The molecule has 0 unspecified atom stereocenters. The molecule has 0 aliphatic heterocycles. The Morgan fingerprint density at radius 1 is 0.929 bits per heavy atom. The van der Waals surface area contributed by atoms with Crippen LogP contribution in [0.5, 0.6) is 0 Å². The van der Waals surface area contributed by atoms with Gasteiger partial charge in [0.25, 0.3) is 0 Å². The fraction of sp³-hybridized carbons (Fsp3) is 0. The normalized spacial score (nSPS) is 10.6. The van der Waals surface area contributed by atoms with Crippen LogP contribution >= 0.6 is 0 Å². The number of hydrogen-bond donors (Lipinski definition) is 0. The van der Waals surface area contributed by atoms with Crippen molar-refractivity contribution in [1.29, 1.82) is 0 Å². The molecule has 0 aliphatic rings. The van der Waals surface area contributed by atoms with Gasteiger partial charge in [0, 0.05) is 12.3 Å². The molecule has 0 saturated carbocycles. The Morgan fingerprint density at radius 2 is 1.79 bits per heavy atom. The van der Waals surface area contributed by atoms with Gasteiger partial charge in [-0.1, -0.05) is 18.2 Å². The van der Waals surface area contributed by atoms with Crippen LogP contribution in [0.2, 0.25) is 0 Å². The van der Waals surface area contributed by atoms with Crippen molar-refractivity contribution in [2.75, 3.05) is 0 Å². The van der Waals surface area contributed by atoms with Gasteiger partial charge in [0.15, 0.2) is 5.82 Å². The summed E-state index contributed by atoms with van der Waals surface area (Å²) < 4.78 is 0. The Kier molecular flexibility index (Phi) is 2.56. The molecule has 0 saturated heterocycles. The van der Waals surface area contributed by atoms with Crippen molar-refractivity contribution in [2.45, 2.75) is 0 Å². The van der Waals surface area contributed by atoms with E-state index in [9.17, 15) is 0 Å². The second kappa shape index (κ2) is 4.23. The third-order valence-corrected chi connectivity index (χ3v) is 1.59. The largest absolute Gasteiger partial charge is 0.245 e. The molecule has 0 radical (unpaired) electrons. The summed E-state index contributed by atoms with van der Waals surface area (Å²) in [5.41, 5.74) is 0.811. The smallest absolute Gasteiger partial charge is 0.177 e. The van der Waals surface area contributed by atoms with Gasteiger partial charge in [0.05, 0.1) is 5.69 Å². The summed E-state index contributed by atoms with van der Waals surface area (Å²) in [6.45, 7) is 0. The second-order valence-electron chi connectivity index (χ2n) is 2.60. The average molecular weight is 184 g/mol. The number of hydrogen-bond acceptors (Lipinski definition) is 4. The highest BCUT2D eigenvalue weighted by atomic mass is 15.1. The van der Waals surface area contributed by atoms with E-state index in [2.05, 4.69) is 20.2 Å². The van der Waals surface area contributed by atoms with E-state index in [4.69, 9.17) is 0 Å². The van der Waals surface area contributed by atoms with Gasteiger partial charge >= 0.3 is 0 Å². The quantitative estimate of drug-likeness (QED) is 0.674. The van der Waals surface area contributed by atoms with Crippen molar-refractivity contribution in [3.8, 4) is 0 Å². The minimum atomic E-state index is 0.559. The highest BCUT2D eigenvalue weighted by Crippen LogP contribution is 2.14. The van der Waals surface area contributed by atoms with Crippen molar-refractivity contribution in [3.63, 3.8) is 0 Å². The van der Waals surface area contributed by atoms with E-state index in [1.54, 1.807) is 12.3 Å². The fourth-order valence-corrected chi connectivity index (χ4v) is 0.946. The minimum Gasteiger partial charge on any atom is -0.245 e. The van der Waals surface area contributed by atoms with Crippen molar-refractivity contribution >= 4 is 11.5 Å². The van der Waals surface area contributed by atoms with Crippen LogP contribution in [0.3, 0.4) is 0 Å². The molecule has 2 aromatic rings. The van der Waals surface area contributed by atoms with Crippen molar-refractivity contribution < 1.29 is 0 Å². The molecule has 0 aliphatic carbocycles. The first-order valence-electron chi connectivity index (χ1n) is 4.18. The van der Waals surface area contributed by atoms with Crippen LogP contribution in [0.1, 0.15) is 0 Å². The van der Waals surface area contributed by atoms with E-state index in [-0.39, 0.29) is 0 Å². The van der Waals surface area contributed by atoms with E-state index in [0.29, 0.717) is 5.82 Å². The van der Waals surface area contributed by atoms with Gasteiger partial charge in [-0.2, -0.15) is 0 Å². The van der Waals surface area contributed by atoms with E-state index >= 15 is 0 Å². The number of rotatable bonds is 2. The third kappa shape index (κ3) is 2.20. The molecule has 0 amide bonds. The van der Waals surface area contributed by atoms with Crippen LogP contribution < -0.4 is 0 Å². The van der Waals surface area contributed by atoms with Crippen molar-refractivity contribution in [2.24, 2.45) is 10.2 Å². The lowest BCUT2D eigenvalue weighted by Gasteiger charge is -1.90. The van der Waals surface area contributed by atoms with Crippen molar-refractivity contribution in [3.05, 3.63) is 48.9 Å². The number of nitrogens with zero attached hydrogens (tertiary/aromatic N) is 4. The zero-order valence-electron chi connectivity index (χ0n) is 7.41. The first kappa shape index (κ1) is 8.50. The topological polar surface area (TPSA) is 50.5 Å². The molecule has 1 aromatic heterocycles. The van der Waals surface area contributed by atoms with Gasteiger partial charge in [0.1, 0.15) is 6.33 Å². The Balaban J connectivity index is 2.16. The molecular formula is C10H8N4. The van der Waals surface area contributed by atoms with Crippen LogP contribution in [0, 0.1) is 0 Å². The second-order valence-corrected chi connectivity index (χ2v) is 2.60. The van der Waals surface area contributed by atoms with Crippen LogP contribution in [-0.4, -0.2) is 9.97 Å². The number of benzene rings is 1. The van der Waals surface area contributed by atoms with E-state index in [1.165, 1.54) is 6.33 Å². The molecule has 68 valence electrons. The highest BCUT2D eigenvalue weighted by molar-refractivity contribution is 5.36. The van der Waals surface area contributed by atoms with Crippen LogP contribution in [0.4, 0.5) is 11.5 Å². The lowest BCUT2D eigenvalue weighted by molar-refractivity contribution is 1.10. The molecule has 14 heavy (non-hydrogen) atoms. The first-order valence-corrected chi connectivity index (χ1v) is 4.18. The first-order chi connectivity index (χ1) is 6.95. The van der Waals surface area contributed by atoms with E-state index in [1.807, 2.05) is 30.3 Å². The molecule has 0 N–H and O–H groups in total. The molecule has 0 bridgehead atoms. The highest BCUT2D eigenvalue weighted by Gasteiger charge is 1.88. The summed E-state index contributed by atoms with van der Waals surface area (Å²) in [5.74, 6) is 0.559. The molecule has 0 atom stereocenters. The summed E-state index contributed by atoms with van der Waals surface area (Å²) >= 11 is 0. The molecule has 2 rings (SSSR count). The Hall–Kier alpha value is -2.10. The van der Waals surface area contributed by atoms with Gasteiger partial charge in [-0.3, -0.25) is 0 Å². The maximum absolute atomic E-state index is 4.01. The Bertz CT molecular complexity index is 369. The fourth-order valence-electron chi connectivity index (χ4n) is 0.946. The summed E-state index contributed by atoms with van der Waals surface area (Å²) in [6.07, 6.45) is 3.08. The molecule has 1 heterocycles. The van der Waals surface area contributed by atoms with Crippen LogP contribution in [-0.2, 0) is 0 Å². The molecule has 4 nitrogen and oxygen atoms in total. The van der Waals surface area contributed by atoms with Crippen molar-refractivity contribution in [1.82, 2.24) is 9.97 Å². The predicted molar refractivity (Wildman–Crippen MR) is 52.7 cm³/mol. The molecular weight excluding hydrogens is 176 g/mol. The van der Waals surface area contributed by atoms with E-state index < -0.39 is 0 Å². The maximum Gasteiger partial charge on any atom is 0.177 e. The Labute approximate surface area is 81.4 Å². The Morgan fingerprint density at radius 3 is 2.50 bits per heavy atom. The summed E-state index contributed by atoms with van der Waals surface area (Å²) in [6, 6.07) is 11.2. The third-order valence-electron chi connectivity index (χ3n) is 1.59. The molecule has 0 spiro atoms. The number of azo groups is 1. The average Bonchev–Trinajstić information content (AvgIpc) is 2.29. The van der Waals surface area contributed by atoms with Crippen LogP contribution in [0.25, 0.3) is 0 Å². The summed E-state index contributed by atoms with van der Waals surface area (Å²) in [7, 11) is 0. The SMILES string of the molecule is c1ccc(N=Nc2ccncn2)cc1. The van der Waals surface area contributed by atoms with E-state index in [0.717, 1.165) is 5.69 Å². The van der Waals surface area contributed by atoms with Gasteiger partial charge in [0.2, 0.25) is 0 Å². The molecule has 0 fully saturated rings. The van der Waals surface area contributed by atoms with Gasteiger partial charge < -0.3 is 0 Å².